The quantitative estimate of drug-likeness (QED) is 0.583. The fourth-order valence-corrected chi connectivity index (χ4v) is 2.36. The van der Waals surface area contributed by atoms with Gasteiger partial charge in [-0.1, -0.05) is 27.5 Å². The number of hydrazine groups is 1. The summed E-state index contributed by atoms with van der Waals surface area (Å²) in [7, 11) is 0. The fourth-order valence-electron chi connectivity index (χ4n) is 1.64. The maximum absolute atomic E-state index is 12.2. The van der Waals surface area contributed by atoms with Gasteiger partial charge >= 0.3 is 0 Å². The lowest BCUT2D eigenvalue weighted by Crippen LogP contribution is -2.18. The van der Waals surface area contributed by atoms with Crippen molar-refractivity contribution in [2.45, 2.75) is 6.92 Å². The van der Waals surface area contributed by atoms with Crippen molar-refractivity contribution in [3.63, 3.8) is 0 Å². The first-order valence-corrected chi connectivity index (χ1v) is 6.88. The molecule has 104 valence electrons. The number of hydrogen-bond donors (Lipinski definition) is 3. The molecule has 0 aliphatic heterocycles. The van der Waals surface area contributed by atoms with Gasteiger partial charge in [0, 0.05) is 16.4 Å². The summed E-state index contributed by atoms with van der Waals surface area (Å²) >= 11 is 9.36. The summed E-state index contributed by atoms with van der Waals surface area (Å²) in [6.07, 6.45) is 1.46. The van der Waals surface area contributed by atoms with Crippen LogP contribution in [-0.2, 0) is 0 Å². The van der Waals surface area contributed by atoms with E-state index in [-0.39, 0.29) is 5.91 Å². The summed E-state index contributed by atoms with van der Waals surface area (Å²) in [4.78, 5) is 16.3. The number of nitrogen functional groups attached to an aromatic ring is 1. The van der Waals surface area contributed by atoms with Gasteiger partial charge < -0.3 is 10.7 Å². The van der Waals surface area contributed by atoms with Crippen LogP contribution in [0.1, 0.15) is 16.1 Å². The van der Waals surface area contributed by atoms with Gasteiger partial charge in [0.05, 0.1) is 22.0 Å². The van der Waals surface area contributed by atoms with Gasteiger partial charge in [0.15, 0.2) is 0 Å². The first kappa shape index (κ1) is 14.8. The number of nitrogens with two attached hydrogens (primary N) is 1. The molecule has 0 saturated carbocycles. The molecule has 1 aromatic heterocycles. The Kier molecular flexibility index (Phi) is 4.59. The summed E-state index contributed by atoms with van der Waals surface area (Å²) in [5, 5.41) is 3.16. The van der Waals surface area contributed by atoms with Crippen molar-refractivity contribution < 1.29 is 4.79 Å². The monoisotopic (exact) mass is 354 g/mol. The van der Waals surface area contributed by atoms with E-state index in [4.69, 9.17) is 17.4 Å². The van der Waals surface area contributed by atoms with Gasteiger partial charge in [-0.05, 0) is 31.2 Å². The van der Waals surface area contributed by atoms with E-state index in [0.29, 0.717) is 22.0 Å². The highest BCUT2D eigenvalue weighted by molar-refractivity contribution is 9.10. The number of anilines is 2. The summed E-state index contributed by atoms with van der Waals surface area (Å²) in [5.74, 6) is 5.07. The minimum absolute atomic E-state index is 0.338. The number of benzene rings is 1. The Morgan fingerprint density at radius 3 is 2.75 bits per heavy atom. The van der Waals surface area contributed by atoms with Crippen molar-refractivity contribution in [3.05, 3.63) is 51.2 Å². The molecule has 0 fully saturated rings. The second-order valence-corrected chi connectivity index (χ2v) is 5.42. The van der Waals surface area contributed by atoms with Crippen molar-refractivity contribution in [2.24, 2.45) is 5.84 Å². The van der Waals surface area contributed by atoms with Crippen molar-refractivity contribution in [1.29, 1.82) is 0 Å². The van der Waals surface area contributed by atoms with Crippen LogP contribution in [0.3, 0.4) is 0 Å². The van der Waals surface area contributed by atoms with Gasteiger partial charge in [-0.15, -0.1) is 0 Å². The molecule has 1 amide bonds. The first-order valence-electron chi connectivity index (χ1n) is 5.71. The number of aryl methyl sites for hydroxylation is 1. The highest BCUT2D eigenvalue weighted by atomic mass is 79.9. The van der Waals surface area contributed by atoms with Gasteiger partial charge in [-0.2, -0.15) is 0 Å². The van der Waals surface area contributed by atoms with Gasteiger partial charge in [0.25, 0.3) is 5.91 Å². The Morgan fingerprint density at radius 2 is 2.10 bits per heavy atom. The van der Waals surface area contributed by atoms with Gasteiger partial charge in [0.1, 0.15) is 0 Å². The molecule has 0 spiro atoms. The molecule has 1 aromatic carbocycles. The molecule has 0 aliphatic carbocycles. The standard InChI is InChI=1S/C13H12BrClN4O/c1-7-4-12(19-16)9(6-17-7)13(20)18-11-3-2-8(14)5-10(11)15/h2-6H,16H2,1H3,(H,17,19)(H,18,20). The molecule has 5 nitrogen and oxygen atoms in total. The molecule has 1 heterocycles. The van der Waals surface area contributed by atoms with E-state index < -0.39 is 0 Å². The van der Waals surface area contributed by atoms with E-state index >= 15 is 0 Å². The molecule has 0 unspecified atom stereocenters. The SMILES string of the molecule is Cc1cc(NN)c(C(=O)Nc2ccc(Br)cc2Cl)cn1. The number of nitrogens with one attached hydrogen (secondary N) is 2. The van der Waals surface area contributed by atoms with E-state index in [1.54, 1.807) is 24.3 Å². The number of aromatic nitrogens is 1. The van der Waals surface area contributed by atoms with E-state index in [1.165, 1.54) is 6.20 Å². The molecule has 2 aromatic rings. The maximum atomic E-state index is 12.2. The molecule has 7 heteroatoms. The van der Waals surface area contributed by atoms with Crippen LogP contribution in [0.5, 0.6) is 0 Å². The van der Waals surface area contributed by atoms with Crippen molar-refractivity contribution in [2.75, 3.05) is 10.7 Å². The number of carbonyl (C=O) groups is 1. The lowest BCUT2D eigenvalue weighted by Gasteiger charge is -2.11. The highest BCUT2D eigenvalue weighted by Crippen LogP contribution is 2.26. The average Bonchev–Trinajstić information content (AvgIpc) is 2.41. The van der Waals surface area contributed by atoms with Crippen LogP contribution in [0.2, 0.25) is 5.02 Å². The zero-order valence-electron chi connectivity index (χ0n) is 10.6. The van der Waals surface area contributed by atoms with Crippen molar-refractivity contribution >= 4 is 44.8 Å². The van der Waals surface area contributed by atoms with Crippen LogP contribution in [0.25, 0.3) is 0 Å². The van der Waals surface area contributed by atoms with Gasteiger partial charge in [0.2, 0.25) is 0 Å². The lowest BCUT2D eigenvalue weighted by atomic mass is 10.2. The number of pyridine rings is 1. The number of rotatable bonds is 3. The van der Waals surface area contributed by atoms with Crippen LogP contribution in [0.4, 0.5) is 11.4 Å². The maximum Gasteiger partial charge on any atom is 0.259 e. The van der Waals surface area contributed by atoms with Crippen molar-refractivity contribution in [1.82, 2.24) is 4.98 Å². The zero-order chi connectivity index (χ0) is 14.7. The third kappa shape index (κ3) is 3.27. The van der Waals surface area contributed by atoms with E-state index in [1.807, 2.05) is 6.92 Å². The first-order chi connectivity index (χ1) is 9.51. The minimum atomic E-state index is -0.338. The summed E-state index contributed by atoms with van der Waals surface area (Å²) in [5.41, 5.74) is 4.61. The van der Waals surface area contributed by atoms with Crippen LogP contribution in [-0.4, -0.2) is 10.9 Å². The second kappa shape index (κ2) is 6.21. The number of nitrogens with zero attached hydrogens (tertiary/aromatic N) is 1. The molecule has 0 atom stereocenters. The third-order valence-corrected chi connectivity index (χ3v) is 3.43. The zero-order valence-corrected chi connectivity index (χ0v) is 12.9. The topological polar surface area (TPSA) is 80.0 Å². The van der Waals surface area contributed by atoms with Crippen LogP contribution < -0.4 is 16.6 Å². The lowest BCUT2D eigenvalue weighted by molar-refractivity contribution is 0.102. The number of hydrogen-bond acceptors (Lipinski definition) is 4. The molecular formula is C13H12BrClN4O. The summed E-state index contributed by atoms with van der Waals surface area (Å²) in [6, 6.07) is 6.89. The smallest absolute Gasteiger partial charge is 0.259 e. The summed E-state index contributed by atoms with van der Waals surface area (Å²) < 4.78 is 0.835. The Labute approximate surface area is 129 Å². The number of amides is 1. The van der Waals surface area contributed by atoms with E-state index in [0.717, 1.165) is 10.2 Å². The molecular weight excluding hydrogens is 344 g/mol. The molecule has 0 saturated heterocycles. The molecule has 0 aliphatic rings. The van der Waals surface area contributed by atoms with Gasteiger partial charge in [-0.25, -0.2) is 0 Å². The number of halogens is 2. The van der Waals surface area contributed by atoms with Gasteiger partial charge in [-0.3, -0.25) is 15.6 Å². The number of carbonyl (C=O) groups excluding carboxylic acids is 1. The Hall–Kier alpha value is -1.63. The predicted molar refractivity (Wildman–Crippen MR) is 83.9 cm³/mol. The Morgan fingerprint density at radius 1 is 1.35 bits per heavy atom. The normalized spacial score (nSPS) is 10.2. The predicted octanol–water partition coefficient (Wildman–Crippen LogP) is 3.34. The molecule has 0 radical (unpaired) electrons. The van der Waals surface area contributed by atoms with Crippen molar-refractivity contribution in [3.8, 4) is 0 Å². The minimum Gasteiger partial charge on any atom is -0.323 e. The Bertz CT molecular complexity index is 663. The highest BCUT2D eigenvalue weighted by Gasteiger charge is 2.13. The largest absolute Gasteiger partial charge is 0.323 e. The Balaban J connectivity index is 2.28. The summed E-state index contributed by atoms with van der Waals surface area (Å²) in [6.45, 7) is 1.81. The van der Waals surface area contributed by atoms with Crippen LogP contribution >= 0.6 is 27.5 Å². The molecule has 4 N–H and O–H groups in total. The van der Waals surface area contributed by atoms with Crippen LogP contribution in [0, 0.1) is 6.92 Å². The van der Waals surface area contributed by atoms with E-state index in [9.17, 15) is 4.79 Å². The second-order valence-electron chi connectivity index (χ2n) is 4.09. The van der Waals surface area contributed by atoms with Crippen LogP contribution in [0.15, 0.2) is 34.9 Å². The molecule has 0 bridgehead atoms. The molecule has 20 heavy (non-hydrogen) atoms. The fraction of sp³-hybridized carbons (Fsp3) is 0.0769. The average molecular weight is 356 g/mol. The third-order valence-electron chi connectivity index (χ3n) is 2.62. The van der Waals surface area contributed by atoms with E-state index in [2.05, 4.69) is 31.7 Å². The molecule has 2 rings (SSSR count).